The van der Waals surface area contributed by atoms with Crippen LogP contribution in [0.25, 0.3) is 11.3 Å². The van der Waals surface area contributed by atoms with Crippen molar-refractivity contribution in [1.82, 2.24) is 25.7 Å². The fourth-order valence-electron chi connectivity index (χ4n) is 2.69. The Labute approximate surface area is 169 Å². The van der Waals surface area contributed by atoms with Crippen molar-refractivity contribution in [1.29, 1.82) is 0 Å². The Morgan fingerprint density at radius 1 is 1.31 bits per heavy atom. The van der Waals surface area contributed by atoms with E-state index in [9.17, 15) is 14.8 Å². The average Bonchev–Trinajstić information content (AvgIpc) is 2.77. The van der Waals surface area contributed by atoms with Gasteiger partial charge in [0, 0.05) is 5.56 Å². The van der Waals surface area contributed by atoms with E-state index in [2.05, 4.69) is 33.0 Å². The Bertz CT molecular complexity index is 787. The molecule has 10 nitrogen and oxygen atoms in total. The quantitative estimate of drug-likeness (QED) is 0.213. The molecule has 0 fully saturated rings. The Balaban J connectivity index is 2.00. The smallest absolute Gasteiger partial charge is 0.262 e. The number of hydrogen-bond acceptors (Lipinski definition) is 8. The summed E-state index contributed by atoms with van der Waals surface area (Å²) in [5, 5.41) is 17.7. The van der Waals surface area contributed by atoms with Crippen LogP contribution >= 0.6 is 0 Å². The lowest BCUT2D eigenvalue weighted by Gasteiger charge is -2.19. The van der Waals surface area contributed by atoms with Gasteiger partial charge in [-0.15, -0.1) is 5.10 Å². The number of benzene rings is 1. The molecule has 0 saturated carbocycles. The van der Waals surface area contributed by atoms with Gasteiger partial charge in [0.1, 0.15) is 5.75 Å². The molecule has 0 aliphatic heterocycles. The van der Waals surface area contributed by atoms with Crippen molar-refractivity contribution in [2.45, 2.75) is 32.6 Å². The van der Waals surface area contributed by atoms with E-state index in [4.69, 9.17) is 4.74 Å². The van der Waals surface area contributed by atoms with Crippen LogP contribution in [0, 0.1) is 5.92 Å². The van der Waals surface area contributed by atoms with Crippen molar-refractivity contribution in [3.05, 3.63) is 30.5 Å². The maximum atomic E-state index is 12.5. The molecular weight excluding hydrogens is 376 g/mol. The number of methoxy groups -OCH3 is 1. The fourth-order valence-corrected chi connectivity index (χ4v) is 2.69. The van der Waals surface area contributed by atoms with Crippen LogP contribution in [0.5, 0.6) is 5.75 Å². The summed E-state index contributed by atoms with van der Waals surface area (Å²) in [5.74, 6) is -0.0959. The third-order valence-electron chi connectivity index (χ3n) is 4.30. The summed E-state index contributed by atoms with van der Waals surface area (Å²) in [4.78, 5) is 27.5. The van der Waals surface area contributed by atoms with Gasteiger partial charge in [0.25, 0.3) is 5.95 Å². The molecule has 3 N–H and O–H groups in total. The van der Waals surface area contributed by atoms with Gasteiger partial charge in [-0.2, -0.15) is 5.10 Å². The molecule has 10 heteroatoms. The predicted octanol–water partition coefficient (Wildman–Crippen LogP) is 2.03. The molecule has 2 rings (SSSR count). The molecule has 156 valence electrons. The number of rotatable bonds is 12. The highest BCUT2D eigenvalue weighted by Gasteiger charge is 2.21. The van der Waals surface area contributed by atoms with E-state index in [0.29, 0.717) is 17.2 Å². The zero-order chi connectivity index (χ0) is 21.1. The third kappa shape index (κ3) is 7.00. The third-order valence-corrected chi connectivity index (χ3v) is 4.30. The summed E-state index contributed by atoms with van der Waals surface area (Å²) < 4.78 is 5.14. The average molecular weight is 402 g/mol. The van der Waals surface area contributed by atoms with E-state index >= 15 is 0 Å². The second-order valence-corrected chi connectivity index (χ2v) is 6.43. The van der Waals surface area contributed by atoms with Crippen molar-refractivity contribution in [2.75, 3.05) is 19.1 Å². The number of nitrogens with one attached hydrogen (secondary N) is 2. The number of amides is 2. The first-order valence-electron chi connectivity index (χ1n) is 9.38. The van der Waals surface area contributed by atoms with E-state index in [1.807, 2.05) is 12.1 Å². The van der Waals surface area contributed by atoms with Crippen LogP contribution in [0.15, 0.2) is 30.5 Å². The normalized spacial score (nSPS) is 11.4. The summed E-state index contributed by atoms with van der Waals surface area (Å²) in [5.41, 5.74) is 6.55. The molecule has 1 unspecified atom stereocenters. The molecule has 0 aliphatic rings. The monoisotopic (exact) mass is 402 g/mol. The van der Waals surface area contributed by atoms with E-state index in [1.165, 1.54) is 6.20 Å². The Kier molecular flexibility index (Phi) is 8.77. The standard InChI is InChI=1S/C19H26N6O4/c1-3-4-5-6-15(12-25(28)13-26)18(27)22-24-19-21-17(11-20-23-19)14-7-9-16(29-2)10-8-14/h7-11,13,15,28H,3-6,12H2,1-2H3,(H,22,27)(H,21,23,24). The van der Waals surface area contributed by atoms with Crippen LogP contribution in [0.4, 0.5) is 5.95 Å². The first-order chi connectivity index (χ1) is 14.1. The number of anilines is 1. The van der Waals surface area contributed by atoms with E-state index in [1.54, 1.807) is 19.2 Å². The van der Waals surface area contributed by atoms with Crippen LogP contribution in [-0.4, -0.2) is 51.4 Å². The highest BCUT2D eigenvalue weighted by Crippen LogP contribution is 2.20. The van der Waals surface area contributed by atoms with E-state index in [0.717, 1.165) is 30.6 Å². The van der Waals surface area contributed by atoms with Crippen molar-refractivity contribution in [3.8, 4) is 17.0 Å². The minimum atomic E-state index is -0.568. The molecule has 2 aromatic rings. The van der Waals surface area contributed by atoms with Crippen LogP contribution in [0.2, 0.25) is 0 Å². The first-order valence-corrected chi connectivity index (χ1v) is 9.38. The van der Waals surface area contributed by atoms with Crippen molar-refractivity contribution in [2.24, 2.45) is 5.92 Å². The molecule has 1 aromatic heterocycles. The van der Waals surface area contributed by atoms with Crippen molar-refractivity contribution >= 4 is 18.3 Å². The number of unbranched alkanes of at least 4 members (excludes halogenated alkanes) is 2. The molecule has 0 radical (unpaired) electrons. The topological polar surface area (TPSA) is 130 Å². The van der Waals surface area contributed by atoms with Gasteiger partial charge in [-0.25, -0.2) is 10.0 Å². The lowest BCUT2D eigenvalue weighted by atomic mass is 10.0. The Hall–Kier alpha value is -3.27. The van der Waals surface area contributed by atoms with Gasteiger partial charge in [0.15, 0.2) is 0 Å². The fraction of sp³-hybridized carbons (Fsp3) is 0.421. The number of ether oxygens (including phenoxy) is 1. The largest absolute Gasteiger partial charge is 0.497 e. The number of hydrazine groups is 1. The molecule has 29 heavy (non-hydrogen) atoms. The summed E-state index contributed by atoms with van der Waals surface area (Å²) in [6.45, 7) is 1.96. The van der Waals surface area contributed by atoms with E-state index in [-0.39, 0.29) is 24.8 Å². The maximum absolute atomic E-state index is 12.5. The number of hydroxylamine groups is 2. The number of carbonyl (C=O) groups is 2. The van der Waals surface area contributed by atoms with Crippen LogP contribution in [0.1, 0.15) is 32.6 Å². The van der Waals surface area contributed by atoms with Crippen LogP contribution in [0.3, 0.4) is 0 Å². The predicted molar refractivity (Wildman–Crippen MR) is 106 cm³/mol. The minimum absolute atomic E-state index is 0.0915. The van der Waals surface area contributed by atoms with Crippen LogP contribution in [-0.2, 0) is 9.59 Å². The van der Waals surface area contributed by atoms with Crippen molar-refractivity contribution < 1.29 is 19.5 Å². The molecule has 0 bridgehead atoms. The lowest BCUT2D eigenvalue weighted by Crippen LogP contribution is -2.40. The lowest BCUT2D eigenvalue weighted by molar-refractivity contribution is -0.154. The molecule has 1 atom stereocenters. The summed E-state index contributed by atoms with van der Waals surface area (Å²) in [7, 11) is 1.59. The Morgan fingerprint density at radius 2 is 2.07 bits per heavy atom. The van der Waals surface area contributed by atoms with Gasteiger partial charge in [-0.1, -0.05) is 26.2 Å². The maximum Gasteiger partial charge on any atom is 0.262 e. The van der Waals surface area contributed by atoms with Gasteiger partial charge < -0.3 is 4.74 Å². The second kappa shape index (κ2) is 11.5. The first kappa shape index (κ1) is 22.0. The zero-order valence-electron chi connectivity index (χ0n) is 16.5. The molecule has 2 amide bonds. The SMILES string of the molecule is CCCCCC(CN(O)C=O)C(=O)NNc1nncc(-c2ccc(OC)cc2)n1. The summed E-state index contributed by atoms with van der Waals surface area (Å²) in [6, 6.07) is 7.29. The van der Waals surface area contributed by atoms with Gasteiger partial charge in [-0.05, 0) is 30.7 Å². The second-order valence-electron chi connectivity index (χ2n) is 6.43. The van der Waals surface area contributed by atoms with E-state index < -0.39 is 5.92 Å². The van der Waals surface area contributed by atoms with Crippen LogP contribution < -0.4 is 15.6 Å². The van der Waals surface area contributed by atoms with Gasteiger partial charge >= 0.3 is 0 Å². The molecule has 1 heterocycles. The summed E-state index contributed by atoms with van der Waals surface area (Å²) >= 11 is 0. The van der Waals surface area contributed by atoms with Gasteiger partial charge in [0.05, 0.1) is 31.5 Å². The van der Waals surface area contributed by atoms with Gasteiger partial charge in [0.2, 0.25) is 12.3 Å². The Morgan fingerprint density at radius 3 is 2.72 bits per heavy atom. The number of carbonyl (C=O) groups excluding carboxylic acids is 2. The molecule has 0 spiro atoms. The molecule has 0 aliphatic carbocycles. The summed E-state index contributed by atoms with van der Waals surface area (Å²) in [6.07, 6.45) is 5.10. The zero-order valence-corrected chi connectivity index (χ0v) is 16.5. The molecule has 0 saturated heterocycles. The number of nitrogens with zero attached hydrogens (tertiary/aromatic N) is 4. The van der Waals surface area contributed by atoms with Crippen molar-refractivity contribution in [3.63, 3.8) is 0 Å². The van der Waals surface area contributed by atoms with Gasteiger partial charge in [-0.3, -0.25) is 25.6 Å². The highest BCUT2D eigenvalue weighted by molar-refractivity contribution is 5.80. The number of aromatic nitrogens is 3. The molecular formula is C19H26N6O4. The number of hydrogen-bond donors (Lipinski definition) is 3. The molecule has 1 aromatic carbocycles. The minimum Gasteiger partial charge on any atom is -0.497 e. The highest BCUT2D eigenvalue weighted by atomic mass is 16.5.